The second-order valence-electron chi connectivity index (χ2n) is 13.0. The van der Waals surface area contributed by atoms with Crippen molar-refractivity contribution >= 4 is 70.9 Å². The zero-order chi connectivity index (χ0) is 45.4. The van der Waals surface area contributed by atoms with Crippen LogP contribution in [0.25, 0.3) is 0 Å². The maximum absolute atomic E-state index is 12.8. The van der Waals surface area contributed by atoms with Crippen LogP contribution >= 0.6 is 0 Å². The zero-order valence-electron chi connectivity index (χ0n) is 37.4. The third-order valence-electron chi connectivity index (χ3n) is 7.94. The molecule has 0 fully saturated rings. The van der Waals surface area contributed by atoms with E-state index >= 15 is 0 Å². The number of carbonyl (C=O) groups excluding carboxylic acids is 10. The van der Waals surface area contributed by atoms with Gasteiger partial charge in [0.25, 0.3) is 0 Å². The van der Waals surface area contributed by atoms with Crippen LogP contribution in [0, 0.1) is 39.9 Å². The van der Waals surface area contributed by atoms with E-state index in [4.69, 9.17) is 0 Å². The Hall–Kier alpha value is 0.00468. The third-order valence-corrected chi connectivity index (χ3v) is 7.94. The van der Waals surface area contributed by atoms with E-state index in [1.807, 2.05) is 0 Å². The smallest absolute Gasteiger partial charge is 0.549 e. The Morgan fingerprint density at radius 1 is 0.303 bits per heavy atom. The predicted octanol–water partition coefficient (Wildman–Crippen LogP) is -29.6. The van der Waals surface area contributed by atoms with E-state index in [9.17, 15) is 88.8 Å². The molecule has 1 aromatic carbocycles. The fourth-order valence-electron chi connectivity index (χ4n) is 5.43. The van der Waals surface area contributed by atoms with Gasteiger partial charge in [-0.05, 0) is 24.3 Å². The molecule has 0 unspecified atom stereocenters. The Balaban J connectivity index is -0.00000150. The topological polar surface area (TPSA) is 399 Å². The van der Waals surface area contributed by atoms with Crippen molar-refractivity contribution in [1.82, 2.24) is 29.4 Å². The molecule has 1 radical (unpaired) electrons. The number of hydrogen-bond acceptors (Lipinski definition) is 24. The van der Waals surface area contributed by atoms with Gasteiger partial charge in [0.15, 0.2) is 0 Å². The van der Waals surface area contributed by atoms with E-state index < -0.39 is 125 Å². The van der Waals surface area contributed by atoms with Crippen molar-refractivity contribution in [2.24, 2.45) is 0 Å². The van der Waals surface area contributed by atoms with Crippen LogP contribution in [0.3, 0.4) is 0 Å². The summed E-state index contributed by atoms with van der Waals surface area (Å²) in [5, 5.41) is 94.1. The Morgan fingerprint density at radius 3 is 0.636 bits per heavy atom. The molecule has 0 spiro atoms. The Labute approximate surface area is 522 Å². The number of nitrogens with zero attached hydrogens (tertiary/aromatic N) is 6. The number of hydrogen-bond donors (Lipinski definition) is 2. The van der Waals surface area contributed by atoms with Crippen LogP contribution in [-0.4, -0.2) is 207 Å². The van der Waals surface area contributed by atoms with Crippen molar-refractivity contribution < 1.29 is 277 Å². The molecule has 66 heavy (non-hydrogen) atoms. The van der Waals surface area contributed by atoms with Gasteiger partial charge < -0.3 is 89.8 Å². The van der Waals surface area contributed by atoms with Crippen molar-refractivity contribution in [1.29, 1.82) is 0 Å². The van der Waals surface area contributed by atoms with Crippen molar-refractivity contribution in [2.75, 3.05) is 128 Å². The van der Waals surface area contributed by atoms with Crippen LogP contribution in [0.2, 0.25) is 0 Å². The van der Waals surface area contributed by atoms with E-state index in [0.29, 0.717) is 0 Å². The molecule has 0 heterocycles. The van der Waals surface area contributed by atoms with Crippen LogP contribution in [0.1, 0.15) is 0 Å². The standard InChI is InChI=1S/C34H50N8O18.Gd.5Na/c43-25(13-39(17-29(49)50)9-5-37(15-27(45)46)7-11-41(19-31(53)54)20-32(55)56)35-23-1-2-24(4-3-23)36-26(44)14-40(18-30(51)52)10-6-38(16-28(47)48)8-12-42(21-33(57)58)22-34(59)60;;;;;;/h1-4H,5-22H2,(H,35,43)(H,36,44)(H,45,46)(H,47,48)(H,49,50)(H,51,52)(H,53,54)(H,55,56)(H,57,58)(H,59,60);;;;;;/q;+3;5*+1/p-8. The molecule has 0 aromatic heterocycles. The maximum atomic E-state index is 12.8. The van der Waals surface area contributed by atoms with Gasteiger partial charge in [0.2, 0.25) is 11.8 Å². The summed E-state index contributed by atoms with van der Waals surface area (Å²) in [5.41, 5.74) is 0.352. The van der Waals surface area contributed by atoms with Gasteiger partial charge in [0, 0.05) is 116 Å². The Kier molecular flexibility index (Phi) is 51.4. The van der Waals surface area contributed by atoms with Gasteiger partial charge in [-0.25, -0.2) is 0 Å². The molecular formula is C34H42GdN8Na5O18. The van der Waals surface area contributed by atoms with Gasteiger partial charge in [-0.1, -0.05) is 0 Å². The van der Waals surface area contributed by atoms with Crippen molar-refractivity contribution in [3.05, 3.63) is 24.3 Å². The first-order chi connectivity index (χ1) is 28.1. The molecule has 0 saturated heterocycles. The Morgan fingerprint density at radius 2 is 0.455 bits per heavy atom. The summed E-state index contributed by atoms with van der Waals surface area (Å²) in [6, 6.07) is 5.41. The van der Waals surface area contributed by atoms with E-state index in [1.165, 1.54) is 34.1 Å². The molecule has 0 aliphatic rings. The molecule has 0 aliphatic heterocycles. The minimum atomic E-state index is -1.60. The van der Waals surface area contributed by atoms with Gasteiger partial charge in [-0.15, -0.1) is 0 Å². The molecule has 0 atom stereocenters. The molecule has 0 aliphatic carbocycles. The summed E-state index contributed by atoms with van der Waals surface area (Å²) in [7, 11) is 0. The number of carboxylic acid groups (broad SMARTS) is 8. The van der Waals surface area contributed by atoms with Crippen LogP contribution in [0.5, 0.6) is 0 Å². The van der Waals surface area contributed by atoms with Crippen LogP contribution in [-0.2, 0) is 47.9 Å². The molecule has 32 heteroatoms. The van der Waals surface area contributed by atoms with Crippen molar-refractivity contribution in [2.45, 2.75) is 0 Å². The van der Waals surface area contributed by atoms with Gasteiger partial charge in [-0.2, -0.15) is 0 Å². The summed E-state index contributed by atoms with van der Waals surface area (Å²) in [4.78, 5) is 121. The largest absolute Gasteiger partial charge is 3.00 e. The molecular weight excluding hydrogens is 1080 g/mol. The third kappa shape index (κ3) is 41.8. The summed E-state index contributed by atoms with van der Waals surface area (Å²) >= 11 is 0. The first kappa shape index (κ1) is 77.5. The second-order valence-corrected chi connectivity index (χ2v) is 13.0. The maximum Gasteiger partial charge on any atom is 3.00 e. The average molecular weight is 1120 g/mol. The number of nitrogens with one attached hydrogen (secondary N) is 2. The van der Waals surface area contributed by atoms with Crippen molar-refractivity contribution in [3.63, 3.8) is 0 Å². The second kappa shape index (κ2) is 43.8. The van der Waals surface area contributed by atoms with Crippen LogP contribution < -0.4 is 199 Å². The summed E-state index contributed by atoms with van der Waals surface area (Å²) in [5.74, 6) is -14.1. The quantitative estimate of drug-likeness (QED) is 0.0605. The monoisotopic (exact) mass is 1120 g/mol. The molecule has 0 bridgehead atoms. The summed E-state index contributed by atoms with van der Waals surface area (Å²) in [6.45, 7) is -8.97. The van der Waals surface area contributed by atoms with Crippen LogP contribution in [0.15, 0.2) is 24.3 Å². The van der Waals surface area contributed by atoms with Gasteiger partial charge in [-0.3, -0.25) is 39.0 Å². The first-order valence-corrected chi connectivity index (χ1v) is 17.7. The normalized spacial score (nSPS) is 10.3. The number of anilines is 2. The number of rotatable bonds is 34. The summed E-state index contributed by atoms with van der Waals surface area (Å²) in [6.07, 6.45) is 0. The zero-order valence-corrected chi connectivity index (χ0v) is 49.7. The van der Waals surface area contributed by atoms with E-state index in [1.54, 1.807) is 0 Å². The minimum Gasteiger partial charge on any atom is -0.549 e. The van der Waals surface area contributed by atoms with E-state index in [-0.39, 0.29) is 251 Å². The molecule has 26 nitrogen and oxygen atoms in total. The average Bonchev–Trinajstić information content (AvgIpc) is 3.09. The fourth-order valence-corrected chi connectivity index (χ4v) is 5.43. The number of benzene rings is 1. The molecule has 0 saturated carbocycles. The first-order valence-electron chi connectivity index (χ1n) is 17.7. The van der Waals surface area contributed by atoms with Crippen LogP contribution in [0.4, 0.5) is 11.4 Å². The minimum absolute atomic E-state index is 0. The molecule has 339 valence electrons. The van der Waals surface area contributed by atoms with Gasteiger partial charge in [0.05, 0.1) is 60.8 Å². The predicted molar refractivity (Wildman–Crippen MR) is 182 cm³/mol. The molecule has 2 amide bonds. The number of carboxylic acids is 8. The Bertz CT molecular complexity index is 1540. The van der Waals surface area contributed by atoms with E-state index in [2.05, 4.69) is 10.6 Å². The summed E-state index contributed by atoms with van der Waals surface area (Å²) < 4.78 is 0. The van der Waals surface area contributed by atoms with Gasteiger partial charge in [0.1, 0.15) is 0 Å². The van der Waals surface area contributed by atoms with Gasteiger partial charge >= 0.3 is 188 Å². The molecule has 1 rings (SSSR count). The fraction of sp³-hybridized carbons (Fsp3) is 0.529. The van der Waals surface area contributed by atoms with E-state index in [0.717, 1.165) is 19.6 Å². The molecule has 1 aromatic rings. The van der Waals surface area contributed by atoms with Crippen molar-refractivity contribution in [3.8, 4) is 0 Å². The number of amides is 2. The molecule has 2 N–H and O–H groups in total. The number of carbonyl (C=O) groups is 10. The SMILES string of the molecule is O=C([O-])CN(CCN(CC(=O)[O-])CC(=O)[O-])CCN(CC(=O)[O-])CC(=O)Nc1ccc(NC(=O)CN(CCN(CCN(CC(=O)[O-])CC(=O)[O-])CC(=O)[O-])CC(=O)[O-])cc1.[Gd+3].[Na+].[Na+].[Na+].[Na+].[Na+]. The number of aliphatic carboxylic acids is 8.